The summed E-state index contributed by atoms with van der Waals surface area (Å²) in [5, 5.41) is 8.71. The lowest BCUT2D eigenvalue weighted by molar-refractivity contribution is 0.0696. The smallest absolute Gasteiger partial charge is 0.337 e. The Morgan fingerprint density at radius 1 is 1.41 bits per heavy atom. The standard InChI is InChI=1S/C10H14N2O4S/c1-7(2)12(17(3,15)16)9-5-4-8(6-11-9)10(13)14/h4-7H,1-3H3,(H,13,14). The van der Waals surface area contributed by atoms with Gasteiger partial charge >= 0.3 is 5.97 Å². The second-order valence-electron chi connectivity index (χ2n) is 3.86. The number of sulfonamides is 1. The van der Waals surface area contributed by atoms with Crippen LogP contribution in [0.5, 0.6) is 0 Å². The van der Waals surface area contributed by atoms with E-state index >= 15 is 0 Å². The highest BCUT2D eigenvalue weighted by Crippen LogP contribution is 2.17. The van der Waals surface area contributed by atoms with Crippen LogP contribution in [0, 0.1) is 0 Å². The van der Waals surface area contributed by atoms with Gasteiger partial charge in [0.2, 0.25) is 10.0 Å². The molecule has 0 aliphatic heterocycles. The Kier molecular flexibility index (Phi) is 3.72. The zero-order chi connectivity index (χ0) is 13.2. The quantitative estimate of drug-likeness (QED) is 0.868. The Balaban J connectivity index is 3.18. The van der Waals surface area contributed by atoms with E-state index in [4.69, 9.17) is 5.11 Å². The van der Waals surface area contributed by atoms with Crippen LogP contribution in [0.4, 0.5) is 5.82 Å². The van der Waals surface area contributed by atoms with Crippen LogP contribution in [0.3, 0.4) is 0 Å². The van der Waals surface area contributed by atoms with Gasteiger partial charge in [0.1, 0.15) is 5.82 Å². The number of hydrogen-bond donors (Lipinski definition) is 1. The Bertz CT molecular complexity index is 508. The fourth-order valence-electron chi connectivity index (χ4n) is 1.46. The summed E-state index contributed by atoms with van der Waals surface area (Å²) < 4.78 is 24.3. The summed E-state index contributed by atoms with van der Waals surface area (Å²) in [6, 6.07) is 2.42. The lowest BCUT2D eigenvalue weighted by Gasteiger charge is -2.25. The van der Waals surface area contributed by atoms with Crippen molar-refractivity contribution in [1.29, 1.82) is 0 Å². The summed E-state index contributed by atoms with van der Waals surface area (Å²) in [4.78, 5) is 14.5. The van der Waals surface area contributed by atoms with Crippen LogP contribution in [0.2, 0.25) is 0 Å². The molecule has 1 aromatic rings. The second-order valence-corrected chi connectivity index (χ2v) is 5.72. The van der Waals surface area contributed by atoms with Crippen molar-refractivity contribution >= 4 is 21.8 Å². The SMILES string of the molecule is CC(C)N(c1ccc(C(=O)O)cn1)S(C)(=O)=O. The molecule has 0 fully saturated rings. The molecule has 0 spiro atoms. The first-order valence-electron chi connectivity index (χ1n) is 4.92. The van der Waals surface area contributed by atoms with Gasteiger partial charge in [0, 0.05) is 12.2 Å². The largest absolute Gasteiger partial charge is 0.478 e. The predicted octanol–water partition coefficient (Wildman–Crippen LogP) is 0.954. The zero-order valence-electron chi connectivity index (χ0n) is 9.78. The molecule has 0 amide bonds. The molecular weight excluding hydrogens is 244 g/mol. The minimum atomic E-state index is -3.43. The third kappa shape index (κ3) is 3.16. The minimum Gasteiger partial charge on any atom is -0.478 e. The number of pyridine rings is 1. The summed E-state index contributed by atoms with van der Waals surface area (Å²) in [5.74, 6) is -0.882. The molecule has 94 valence electrons. The van der Waals surface area contributed by atoms with E-state index in [2.05, 4.69) is 4.98 Å². The van der Waals surface area contributed by atoms with Gasteiger partial charge in [-0.05, 0) is 26.0 Å². The number of nitrogens with zero attached hydrogens (tertiary/aromatic N) is 2. The number of carbonyl (C=O) groups is 1. The van der Waals surface area contributed by atoms with Crippen molar-refractivity contribution < 1.29 is 18.3 Å². The monoisotopic (exact) mass is 258 g/mol. The van der Waals surface area contributed by atoms with Crippen LogP contribution in [-0.2, 0) is 10.0 Å². The van der Waals surface area contributed by atoms with E-state index in [1.165, 1.54) is 12.1 Å². The van der Waals surface area contributed by atoms with E-state index in [0.29, 0.717) is 0 Å². The number of carboxylic acids is 1. The first-order valence-corrected chi connectivity index (χ1v) is 6.77. The summed E-state index contributed by atoms with van der Waals surface area (Å²) in [7, 11) is -3.43. The molecule has 0 aliphatic carbocycles. The highest BCUT2D eigenvalue weighted by atomic mass is 32.2. The number of anilines is 1. The van der Waals surface area contributed by atoms with E-state index in [9.17, 15) is 13.2 Å². The summed E-state index contributed by atoms with van der Waals surface area (Å²) in [6.07, 6.45) is 2.22. The third-order valence-electron chi connectivity index (χ3n) is 2.05. The Morgan fingerprint density at radius 3 is 2.29 bits per heavy atom. The normalized spacial score (nSPS) is 11.5. The Morgan fingerprint density at radius 2 is 2.00 bits per heavy atom. The van der Waals surface area contributed by atoms with E-state index in [1.807, 2.05) is 0 Å². The maximum atomic E-state index is 11.6. The van der Waals surface area contributed by atoms with Crippen LogP contribution in [0.1, 0.15) is 24.2 Å². The molecule has 0 radical (unpaired) electrons. The van der Waals surface area contributed by atoms with Crippen molar-refractivity contribution in [2.45, 2.75) is 19.9 Å². The molecule has 7 heteroatoms. The van der Waals surface area contributed by atoms with Crippen molar-refractivity contribution in [3.8, 4) is 0 Å². The summed E-state index contributed by atoms with van der Waals surface area (Å²) >= 11 is 0. The molecule has 17 heavy (non-hydrogen) atoms. The molecule has 0 atom stereocenters. The van der Waals surface area contributed by atoms with Gasteiger partial charge in [0.05, 0.1) is 11.8 Å². The first-order chi connectivity index (χ1) is 7.73. The van der Waals surface area contributed by atoms with E-state index in [0.717, 1.165) is 16.8 Å². The van der Waals surface area contributed by atoms with E-state index < -0.39 is 16.0 Å². The molecule has 0 unspecified atom stereocenters. The van der Waals surface area contributed by atoms with Crippen molar-refractivity contribution in [1.82, 2.24) is 4.98 Å². The van der Waals surface area contributed by atoms with Crippen molar-refractivity contribution in [2.24, 2.45) is 0 Å². The Labute approximate surface area is 100.0 Å². The van der Waals surface area contributed by atoms with E-state index in [-0.39, 0.29) is 17.4 Å². The molecule has 6 nitrogen and oxygen atoms in total. The maximum absolute atomic E-state index is 11.6. The highest BCUT2D eigenvalue weighted by molar-refractivity contribution is 7.92. The van der Waals surface area contributed by atoms with E-state index in [1.54, 1.807) is 13.8 Å². The minimum absolute atomic E-state index is 0.0194. The van der Waals surface area contributed by atoms with Crippen LogP contribution >= 0.6 is 0 Å². The molecule has 1 N–H and O–H groups in total. The average Bonchev–Trinajstić information content (AvgIpc) is 2.15. The number of hydrogen-bond acceptors (Lipinski definition) is 4. The Hall–Kier alpha value is -1.63. The van der Waals surface area contributed by atoms with Crippen LogP contribution in [0.25, 0.3) is 0 Å². The average molecular weight is 258 g/mol. The van der Waals surface area contributed by atoms with Gasteiger partial charge in [-0.25, -0.2) is 18.2 Å². The third-order valence-corrected chi connectivity index (χ3v) is 3.37. The molecule has 0 aliphatic rings. The maximum Gasteiger partial charge on any atom is 0.337 e. The first kappa shape index (κ1) is 13.4. The zero-order valence-corrected chi connectivity index (χ0v) is 10.6. The number of aromatic carboxylic acids is 1. The molecule has 0 saturated carbocycles. The molecule has 0 bridgehead atoms. The topological polar surface area (TPSA) is 87.6 Å². The highest BCUT2D eigenvalue weighted by Gasteiger charge is 2.21. The van der Waals surface area contributed by atoms with Gasteiger partial charge in [0.15, 0.2) is 0 Å². The van der Waals surface area contributed by atoms with Crippen LogP contribution < -0.4 is 4.31 Å². The van der Waals surface area contributed by atoms with Crippen molar-refractivity contribution in [2.75, 3.05) is 10.6 Å². The van der Waals surface area contributed by atoms with Crippen molar-refractivity contribution in [3.63, 3.8) is 0 Å². The van der Waals surface area contributed by atoms with Gasteiger partial charge in [-0.1, -0.05) is 0 Å². The lowest BCUT2D eigenvalue weighted by Crippen LogP contribution is -2.36. The summed E-state index contributed by atoms with van der Waals surface area (Å²) in [5.41, 5.74) is 0.0194. The fraction of sp³-hybridized carbons (Fsp3) is 0.400. The molecule has 0 aromatic carbocycles. The molecule has 1 heterocycles. The number of aromatic nitrogens is 1. The van der Waals surface area contributed by atoms with Gasteiger partial charge in [-0.2, -0.15) is 0 Å². The van der Waals surface area contributed by atoms with Gasteiger partial charge in [-0.15, -0.1) is 0 Å². The van der Waals surface area contributed by atoms with Gasteiger partial charge < -0.3 is 5.11 Å². The summed E-state index contributed by atoms with van der Waals surface area (Å²) in [6.45, 7) is 3.43. The van der Waals surface area contributed by atoms with Gasteiger partial charge in [-0.3, -0.25) is 4.31 Å². The molecular formula is C10H14N2O4S. The molecule has 0 saturated heterocycles. The predicted molar refractivity (Wildman–Crippen MR) is 63.7 cm³/mol. The molecule has 1 rings (SSSR count). The number of carboxylic acid groups (broad SMARTS) is 1. The lowest BCUT2D eigenvalue weighted by atomic mass is 10.3. The van der Waals surface area contributed by atoms with Crippen LogP contribution in [-0.4, -0.2) is 36.8 Å². The second kappa shape index (κ2) is 4.70. The van der Waals surface area contributed by atoms with Crippen LogP contribution in [0.15, 0.2) is 18.3 Å². The molecule has 1 aromatic heterocycles. The fourth-order valence-corrected chi connectivity index (χ4v) is 2.67. The number of rotatable bonds is 4. The van der Waals surface area contributed by atoms with Gasteiger partial charge in [0.25, 0.3) is 0 Å². The van der Waals surface area contributed by atoms with Crippen molar-refractivity contribution in [3.05, 3.63) is 23.9 Å².